The van der Waals surface area contributed by atoms with Crippen molar-refractivity contribution in [2.45, 2.75) is 6.92 Å². The number of rotatable bonds is 2. The molecule has 0 aliphatic carbocycles. The van der Waals surface area contributed by atoms with Crippen molar-refractivity contribution in [1.82, 2.24) is 9.55 Å². The third kappa shape index (κ3) is 1.86. The van der Waals surface area contributed by atoms with Gasteiger partial charge in [0.05, 0.1) is 4.92 Å². The smallest absolute Gasteiger partial charge is 0.287 e. The van der Waals surface area contributed by atoms with Gasteiger partial charge in [-0.15, -0.1) is 0 Å². The van der Waals surface area contributed by atoms with E-state index in [1.807, 2.05) is 13.0 Å². The zero-order chi connectivity index (χ0) is 12.4. The predicted octanol–water partition coefficient (Wildman–Crippen LogP) is 1.96. The number of imidazole rings is 1. The molecule has 84 valence electrons. The van der Waals surface area contributed by atoms with Crippen LogP contribution < -0.4 is 0 Å². The van der Waals surface area contributed by atoms with Gasteiger partial charge in [-0.1, -0.05) is 0 Å². The molecule has 0 saturated carbocycles. The van der Waals surface area contributed by atoms with Crippen molar-refractivity contribution in [3.8, 4) is 11.8 Å². The first-order chi connectivity index (χ1) is 8.13. The molecule has 0 fully saturated rings. The van der Waals surface area contributed by atoms with Gasteiger partial charge in [0.25, 0.3) is 5.69 Å². The van der Waals surface area contributed by atoms with Crippen molar-refractivity contribution in [1.29, 1.82) is 5.26 Å². The minimum Gasteiger partial charge on any atom is -0.304 e. The van der Waals surface area contributed by atoms with E-state index in [1.54, 1.807) is 23.0 Å². The third-order valence-electron chi connectivity index (χ3n) is 2.40. The number of nitro groups is 1. The van der Waals surface area contributed by atoms with Gasteiger partial charge in [0.2, 0.25) is 0 Å². The lowest BCUT2D eigenvalue weighted by Crippen LogP contribution is -1.98. The van der Waals surface area contributed by atoms with E-state index < -0.39 is 4.92 Å². The molecular weight excluding hydrogens is 220 g/mol. The summed E-state index contributed by atoms with van der Waals surface area (Å²) >= 11 is 0. The Morgan fingerprint density at radius 1 is 1.53 bits per heavy atom. The Bertz CT molecular complexity index is 625. The summed E-state index contributed by atoms with van der Waals surface area (Å²) in [6, 6.07) is 6.22. The van der Waals surface area contributed by atoms with Crippen molar-refractivity contribution in [2.24, 2.45) is 0 Å². The molecule has 1 aromatic carbocycles. The van der Waals surface area contributed by atoms with Crippen LogP contribution in [0.3, 0.4) is 0 Å². The quantitative estimate of drug-likeness (QED) is 0.580. The van der Waals surface area contributed by atoms with Gasteiger partial charge in [0.15, 0.2) is 0 Å². The van der Waals surface area contributed by atoms with E-state index >= 15 is 0 Å². The van der Waals surface area contributed by atoms with Crippen molar-refractivity contribution in [3.63, 3.8) is 0 Å². The highest BCUT2D eigenvalue weighted by atomic mass is 16.6. The molecule has 0 saturated heterocycles. The Kier molecular flexibility index (Phi) is 2.58. The molecule has 6 heteroatoms. The lowest BCUT2D eigenvalue weighted by molar-refractivity contribution is -0.385. The molecule has 0 amide bonds. The van der Waals surface area contributed by atoms with Crippen LogP contribution in [0, 0.1) is 28.4 Å². The van der Waals surface area contributed by atoms with E-state index in [9.17, 15) is 10.1 Å². The van der Waals surface area contributed by atoms with Crippen LogP contribution in [0.25, 0.3) is 5.69 Å². The zero-order valence-corrected chi connectivity index (χ0v) is 8.99. The molecule has 2 rings (SSSR count). The van der Waals surface area contributed by atoms with Crippen molar-refractivity contribution in [2.75, 3.05) is 0 Å². The molecule has 1 aromatic heterocycles. The second kappa shape index (κ2) is 4.06. The molecular formula is C11H8N4O2. The van der Waals surface area contributed by atoms with E-state index in [4.69, 9.17) is 5.26 Å². The molecule has 0 aliphatic rings. The molecule has 0 radical (unpaired) electrons. The lowest BCUT2D eigenvalue weighted by Gasteiger charge is -2.05. The van der Waals surface area contributed by atoms with Crippen LogP contribution in [0.5, 0.6) is 0 Å². The van der Waals surface area contributed by atoms with Gasteiger partial charge in [0, 0.05) is 24.1 Å². The van der Waals surface area contributed by atoms with Gasteiger partial charge in [-0.25, -0.2) is 4.98 Å². The Labute approximate surface area is 96.9 Å². The van der Waals surface area contributed by atoms with Crippen LogP contribution in [0.4, 0.5) is 5.69 Å². The highest BCUT2D eigenvalue weighted by Crippen LogP contribution is 2.21. The molecule has 1 heterocycles. The average Bonchev–Trinajstić information content (AvgIpc) is 2.74. The first kappa shape index (κ1) is 10.8. The Hall–Kier alpha value is -2.68. The van der Waals surface area contributed by atoms with E-state index in [1.165, 1.54) is 12.1 Å². The minimum atomic E-state index is -0.566. The van der Waals surface area contributed by atoms with Gasteiger partial charge in [0.1, 0.15) is 17.5 Å². The summed E-state index contributed by atoms with van der Waals surface area (Å²) in [4.78, 5) is 14.2. The maximum absolute atomic E-state index is 10.7. The van der Waals surface area contributed by atoms with E-state index in [-0.39, 0.29) is 11.3 Å². The Balaban J connectivity index is 2.58. The van der Waals surface area contributed by atoms with Crippen LogP contribution in [0.2, 0.25) is 0 Å². The monoisotopic (exact) mass is 228 g/mol. The van der Waals surface area contributed by atoms with Gasteiger partial charge < -0.3 is 4.57 Å². The van der Waals surface area contributed by atoms with Crippen molar-refractivity contribution in [3.05, 3.63) is 52.1 Å². The van der Waals surface area contributed by atoms with Crippen molar-refractivity contribution >= 4 is 5.69 Å². The van der Waals surface area contributed by atoms with Crippen molar-refractivity contribution < 1.29 is 4.92 Å². The summed E-state index contributed by atoms with van der Waals surface area (Å²) in [5.41, 5.74) is 0.539. The maximum Gasteiger partial charge on any atom is 0.287 e. The second-order valence-electron chi connectivity index (χ2n) is 3.41. The molecule has 17 heavy (non-hydrogen) atoms. The topological polar surface area (TPSA) is 84.8 Å². The summed E-state index contributed by atoms with van der Waals surface area (Å²) in [5, 5.41) is 19.6. The van der Waals surface area contributed by atoms with E-state index in [0.717, 1.165) is 5.82 Å². The van der Waals surface area contributed by atoms with Gasteiger partial charge in [-0.3, -0.25) is 10.1 Å². The fourth-order valence-electron chi connectivity index (χ4n) is 1.57. The normalized spacial score (nSPS) is 9.88. The summed E-state index contributed by atoms with van der Waals surface area (Å²) in [7, 11) is 0. The van der Waals surface area contributed by atoms with Crippen LogP contribution in [-0.2, 0) is 0 Å². The number of nitriles is 1. The summed E-state index contributed by atoms with van der Waals surface area (Å²) < 4.78 is 1.75. The minimum absolute atomic E-state index is 0.0422. The van der Waals surface area contributed by atoms with Gasteiger partial charge in [-0.2, -0.15) is 5.26 Å². The number of aromatic nitrogens is 2. The predicted molar refractivity (Wildman–Crippen MR) is 59.7 cm³/mol. The Morgan fingerprint density at radius 3 is 2.82 bits per heavy atom. The molecule has 2 aromatic rings. The van der Waals surface area contributed by atoms with Crippen LogP contribution in [0.1, 0.15) is 11.4 Å². The number of benzene rings is 1. The fraction of sp³-hybridized carbons (Fsp3) is 0.0909. The second-order valence-corrected chi connectivity index (χ2v) is 3.41. The first-order valence-electron chi connectivity index (χ1n) is 4.82. The number of hydrogen-bond acceptors (Lipinski definition) is 4. The summed E-state index contributed by atoms with van der Waals surface area (Å²) in [5.74, 6) is 0.753. The Morgan fingerprint density at radius 2 is 2.29 bits per heavy atom. The maximum atomic E-state index is 10.7. The number of nitro benzene ring substituents is 1. The summed E-state index contributed by atoms with van der Waals surface area (Å²) in [6.07, 6.45) is 3.36. The molecule has 0 aliphatic heterocycles. The molecule has 0 unspecified atom stereocenters. The average molecular weight is 228 g/mol. The van der Waals surface area contributed by atoms with Crippen LogP contribution >= 0.6 is 0 Å². The van der Waals surface area contributed by atoms with E-state index in [2.05, 4.69) is 4.98 Å². The summed E-state index contributed by atoms with van der Waals surface area (Å²) in [6.45, 7) is 1.81. The SMILES string of the molecule is Cc1nccn1-c1ccc([N+](=O)[O-])c(C#N)c1. The zero-order valence-electron chi connectivity index (χ0n) is 8.99. The van der Waals surface area contributed by atoms with Gasteiger partial charge in [-0.05, 0) is 19.1 Å². The highest BCUT2D eigenvalue weighted by molar-refractivity contribution is 5.54. The molecule has 6 nitrogen and oxygen atoms in total. The molecule has 0 atom stereocenters. The van der Waals surface area contributed by atoms with Gasteiger partial charge >= 0.3 is 0 Å². The number of hydrogen-bond donors (Lipinski definition) is 0. The number of nitrogens with zero attached hydrogens (tertiary/aromatic N) is 4. The molecule has 0 N–H and O–H groups in total. The highest BCUT2D eigenvalue weighted by Gasteiger charge is 2.14. The largest absolute Gasteiger partial charge is 0.304 e. The standard InChI is InChI=1S/C11H8N4O2/c1-8-13-4-5-14(8)10-2-3-11(15(16)17)9(6-10)7-12/h2-6H,1H3. The number of aryl methyl sites for hydroxylation is 1. The molecule has 0 bridgehead atoms. The molecule has 0 spiro atoms. The van der Waals surface area contributed by atoms with Crippen LogP contribution in [-0.4, -0.2) is 14.5 Å². The third-order valence-corrected chi connectivity index (χ3v) is 2.40. The lowest BCUT2D eigenvalue weighted by atomic mass is 10.1. The first-order valence-corrected chi connectivity index (χ1v) is 4.82. The van der Waals surface area contributed by atoms with Crippen LogP contribution in [0.15, 0.2) is 30.6 Å². The van der Waals surface area contributed by atoms with E-state index in [0.29, 0.717) is 5.69 Å². The fourth-order valence-corrected chi connectivity index (χ4v) is 1.57.